The van der Waals surface area contributed by atoms with Gasteiger partial charge in [0.1, 0.15) is 5.75 Å². The summed E-state index contributed by atoms with van der Waals surface area (Å²) in [6.07, 6.45) is 3.97. The van der Waals surface area contributed by atoms with Gasteiger partial charge in [-0.15, -0.1) is 0 Å². The van der Waals surface area contributed by atoms with E-state index in [1.807, 2.05) is 17.0 Å². The van der Waals surface area contributed by atoms with Gasteiger partial charge in [-0.1, -0.05) is 0 Å². The highest BCUT2D eigenvalue weighted by atomic mass is 79.9. The van der Waals surface area contributed by atoms with Crippen LogP contribution in [0.15, 0.2) is 45.6 Å². The Morgan fingerprint density at radius 3 is 2.31 bits per heavy atom. The fourth-order valence-electron chi connectivity index (χ4n) is 3.05. The summed E-state index contributed by atoms with van der Waals surface area (Å²) in [5.41, 5.74) is 8.17. The summed E-state index contributed by atoms with van der Waals surface area (Å²) < 4.78 is 1.15. The number of anilines is 1. The van der Waals surface area contributed by atoms with Gasteiger partial charge >= 0.3 is 0 Å². The molecule has 3 rings (SSSR count). The number of benzene rings is 1. The Bertz CT molecular complexity index is 757. The fraction of sp³-hybridized carbons (Fsp3) is 0.333. The van der Waals surface area contributed by atoms with Crippen LogP contribution in [0, 0.1) is 0 Å². The number of carbonyl (C=O) groups excluding carboxylic acids is 1. The topological polar surface area (TPSA) is 82.7 Å². The maximum Gasteiger partial charge on any atom is 0.239 e. The Balaban J connectivity index is 1.58. The Kier molecular flexibility index (Phi) is 6.16. The van der Waals surface area contributed by atoms with E-state index in [1.165, 1.54) is 0 Å². The third kappa shape index (κ3) is 4.36. The highest BCUT2D eigenvalue weighted by Crippen LogP contribution is 2.33. The largest absolute Gasteiger partial charge is 0.506 e. The number of pyridine rings is 1. The number of carbonyl (C=O) groups is 1. The van der Waals surface area contributed by atoms with Crippen molar-refractivity contribution in [2.75, 3.05) is 31.1 Å². The quantitative estimate of drug-likeness (QED) is 0.698. The average Bonchev–Trinajstić information content (AvgIpc) is 2.66. The number of piperazine rings is 1. The Labute approximate surface area is 169 Å². The van der Waals surface area contributed by atoms with E-state index in [1.54, 1.807) is 24.5 Å². The first kappa shape index (κ1) is 19.1. The van der Waals surface area contributed by atoms with E-state index in [9.17, 15) is 9.90 Å². The average molecular weight is 484 g/mol. The smallest absolute Gasteiger partial charge is 0.239 e. The Hall–Kier alpha value is -1.64. The molecule has 0 aliphatic carbocycles. The number of hydrogen-bond donors (Lipinski definition) is 2. The van der Waals surface area contributed by atoms with E-state index in [-0.39, 0.29) is 11.7 Å². The molecule has 0 radical (unpaired) electrons. The highest BCUT2D eigenvalue weighted by molar-refractivity contribution is 9.11. The molecular formula is C18H20Br2N4O2. The molecule has 1 fully saturated rings. The summed E-state index contributed by atoms with van der Waals surface area (Å²) in [7, 11) is 0. The lowest BCUT2D eigenvalue weighted by Gasteiger charge is -2.37. The van der Waals surface area contributed by atoms with Crippen LogP contribution in [-0.4, -0.2) is 53.1 Å². The number of aromatic nitrogens is 1. The number of amides is 1. The molecule has 6 nitrogen and oxygen atoms in total. The van der Waals surface area contributed by atoms with E-state index in [4.69, 9.17) is 5.73 Å². The molecule has 1 aliphatic heterocycles. The first-order chi connectivity index (χ1) is 12.5. The van der Waals surface area contributed by atoms with Crippen molar-refractivity contribution >= 4 is 43.5 Å². The zero-order valence-corrected chi connectivity index (χ0v) is 17.3. The van der Waals surface area contributed by atoms with Gasteiger partial charge in [0.15, 0.2) is 0 Å². The predicted octanol–water partition coefficient (Wildman–Crippen LogP) is 2.53. The molecule has 1 atom stereocenters. The Morgan fingerprint density at radius 2 is 1.73 bits per heavy atom. The third-order valence-electron chi connectivity index (χ3n) is 4.47. The maximum absolute atomic E-state index is 12.7. The van der Waals surface area contributed by atoms with Crippen molar-refractivity contribution in [3.05, 3.63) is 51.2 Å². The number of hydrogen-bond acceptors (Lipinski definition) is 5. The number of phenolic OH excluding ortho intramolecular Hbond substituents is 1. The molecule has 1 amide bonds. The number of nitrogens with zero attached hydrogens (tertiary/aromatic N) is 3. The molecule has 1 aromatic heterocycles. The molecule has 0 bridgehead atoms. The zero-order chi connectivity index (χ0) is 18.7. The summed E-state index contributed by atoms with van der Waals surface area (Å²) in [5.74, 6) is 0.0978. The molecule has 8 heteroatoms. The summed E-state index contributed by atoms with van der Waals surface area (Å²) in [5, 5.41) is 9.79. The van der Waals surface area contributed by atoms with Gasteiger partial charge in [0, 0.05) is 44.3 Å². The van der Waals surface area contributed by atoms with Gasteiger partial charge < -0.3 is 20.6 Å². The second-order valence-corrected chi connectivity index (χ2v) is 7.95. The molecule has 3 N–H and O–H groups in total. The summed E-state index contributed by atoms with van der Waals surface area (Å²) in [6.45, 7) is 2.85. The predicted molar refractivity (Wildman–Crippen MR) is 108 cm³/mol. The van der Waals surface area contributed by atoms with Crippen molar-refractivity contribution in [1.82, 2.24) is 9.88 Å². The van der Waals surface area contributed by atoms with Gasteiger partial charge in [-0.3, -0.25) is 9.78 Å². The fourth-order valence-corrected chi connectivity index (χ4v) is 4.33. The minimum Gasteiger partial charge on any atom is -0.506 e. The number of rotatable bonds is 4. The minimum atomic E-state index is -0.606. The first-order valence-corrected chi connectivity index (χ1v) is 9.90. The van der Waals surface area contributed by atoms with Crippen LogP contribution in [-0.2, 0) is 11.2 Å². The lowest BCUT2D eigenvalue weighted by atomic mass is 10.0. The van der Waals surface area contributed by atoms with Crippen LogP contribution in [0.4, 0.5) is 5.69 Å². The van der Waals surface area contributed by atoms with E-state index < -0.39 is 6.04 Å². The molecule has 138 valence electrons. The molecule has 2 heterocycles. The van der Waals surface area contributed by atoms with Crippen molar-refractivity contribution in [2.45, 2.75) is 12.5 Å². The van der Waals surface area contributed by atoms with Crippen LogP contribution in [0.2, 0.25) is 0 Å². The second kappa shape index (κ2) is 8.37. The lowest BCUT2D eigenvalue weighted by molar-refractivity contribution is -0.132. The Morgan fingerprint density at radius 1 is 1.15 bits per heavy atom. The molecule has 1 aromatic carbocycles. The van der Waals surface area contributed by atoms with Crippen LogP contribution in [0.25, 0.3) is 0 Å². The first-order valence-electron chi connectivity index (χ1n) is 8.32. The van der Waals surface area contributed by atoms with E-state index in [0.717, 1.165) is 24.3 Å². The standard InChI is InChI=1S/C18H20Br2N4O2/c19-14-9-12(10-15(20)17(14)25)11-16(21)18(26)24-7-5-23(6-8-24)13-1-3-22-4-2-13/h1-4,9-10,16,25H,5-8,11,21H2/t16-/m1/s1. The van der Waals surface area contributed by atoms with Crippen molar-refractivity contribution < 1.29 is 9.90 Å². The maximum atomic E-state index is 12.7. The number of aromatic hydroxyl groups is 1. The molecule has 26 heavy (non-hydrogen) atoms. The molecule has 0 saturated carbocycles. The van der Waals surface area contributed by atoms with Gasteiger partial charge in [0.05, 0.1) is 15.0 Å². The zero-order valence-electron chi connectivity index (χ0n) is 14.1. The van der Waals surface area contributed by atoms with Crippen LogP contribution < -0.4 is 10.6 Å². The molecule has 1 saturated heterocycles. The van der Waals surface area contributed by atoms with Crippen LogP contribution in [0.3, 0.4) is 0 Å². The monoisotopic (exact) mass is 482 g/mol. The SMILES string of the molecule is N[C@H](Cc1cc(Br)c(O)c(Br)c1)C(=O)N1CCN(c2ccncc2)CC1. The molecule has 2 aromatic rings. The number of halogens is 2. The van der Waals surface area contributed by atoms with Crippen molar-refractivity contribution in [3.63, 3.8) is 0 Å². The normalized spacial score (nSPS) is 15.8. The van der Waals surface area contributed by atoms with Crippen molar-refractivity contribution in [2.24, 2.45) is 5.73 Å². The minimum absolute atomic E-state index is 0.0419. The van der Waals surface area contributed by atoms with E-state index in [2.05, 4.69) is 41.7 Å². The summed E-state index contributed by atoms with van der Waals surface area (Å²) in [6, 6.07) is 6.92. The van der Waals surface area contributed by atoms with Gasteiger partial charge in [0.25, 0.3) is 0 Å². The van der Waals surface area contributed by atoms with Crippen LogP contribution in [0.5, 0.6) is 5.75 Å². The third-order valence-corrected chi connectivity index (χ3v) is 5.68. The van der Waals surface area contributed by atoms with Gasteiger partial charge in [-0.2, -0.15) is 0 Å². The summed E-state index contributed by atoms with van der Waals surface area (Å²) in [4.78, 5) is 20.8. The van der Waals surface area contributed by atoms with Crippen LogP contribution >= 0.6 is 31.9 Å². The number of nitrogens with two attached hydrogens (primary N) is 1. The van der Waals surface area contributed by atoms with E-state index >= 15 is 0 Å². The van der Waals surface area contributed by atoms with Crippen molar-refractivity contribution in [1.29, 1.82) is 0 Å². The van der Waals surface area contributed by atoms with E-state index in [0.29, 0.717) is 28.5 Å². The second-order valence-electron chi connectivity index (χ2n) is 6.24. The van der Waals surface area contributed by atoms with Gasteiger partial charge in [-0.25, -0.2) is 0 Å². The molecule has 1 aliphatic rings. The molecular weight excluding hydrogens is 464 g/mol. The highest BCUT2D eigenvalue weighted by Gasteiger charge is 2.25. The van der Waals surface area contributed by atoms with Crippen molar-refractivity contribution in [3.8, 4) is 5.75 Å². The van der Waals surface area contributed by atoms with Gasteiger partial charge in [0.2, 0.25) is 5.91 Å². The molecule has 0 unspecified atom stereocenters. The summed E-state index contributed by atoms with van der Waals surface area (Å²) >= 11 is 6.61. The molecule has 0 spiro atoms. The van der Waals surface area contributed by atoms with Gasteiger partial charge in [-0.05, 0) is 68.1 Å². The van der Waals surface area contributed by atoms with Crippen LogP contribution in [0.1, 0.15) is 5.56 Å². The lowest BCUT2D eigenvalue weighted by Crippen LogP contribution is -2.53. The number of phenols is 1.